The van der Waals surface area contributed by atoms with Gasteiger partial charge in [-0.15, -0.1) is 0 Å². The molecule has 4 heteroatoms. The van der Waals surface area contributed by atoms with Gasteiger partial charge in [0.1, 0.15) is 6.61 Å². The van der Waals surface area contributed by atoms with Crippen molar-refractivity contribution in [2.45, 2.75) is 38.2 Å². The maximum absolute atomic E-state index is 13.4. The van der Waals surface area contributed by atoms with Gasteiger partial charge >= 0.3 is 0 Å². The normalized spacial score (nSPS) is 17.9. The lowest BCUT2D eigenvalue weighted by Gasteiger charge is -2.16. The summed E-state index contributed by atoms with van der Waals surface area (Å²) in [4.78, 5) is 0. The van der Waals surface area contributed by atoms with Gasteiger partial charge in [-0.2, -0.15) is 0 Å². The maximum Gasteiger partial charge on any atom is 0.165 e. The number of rotatable bonds is 5. The Balaban J connectivity index is 1.81. The molecule has 100 valence electrons. The van der Waals surface area contributed by atoms with Gasteiger partial charge in [-0.3, -0.25) is 0 Å². The zero-order chi connectivity index (χ0) is 13.0. The van der Waals surface area contributed by atoms with Crippen LogP contribution in [0.15, 0.2) is 22.7 Å². The zero-order valence-electron chi connectivity index (χ0n) is 10.2. The van der Waals surface area contributed by atoms with Crippen LogP contribution in [-0.4, -0.2) is 17.8 Å². The molecule has 1 aromatic rings. The van der Waals surface area contributed by atoms with Crippen LogP contribution in [-0.2, 0) is 0 Å². The van der Waals surface area contributed by atoms with Crippen LogP contribution in [0.5, 0.6) is 5.75 Å². The molecule has 1 N–H and O–H groups in total. The number of hydrogen-bond acceptors (Lipinski definition) is 2. The van der Waals surface area contributed by atoms with E-state index in [9.17, 15) is 9.50 Å². The highest BCUT2D eigenvalue weighted by Gasteiger charge is 2.19. The molecule has 0 spiro atoms. The molecular weight excluding hydrogens is 299 g/mol. The van der Waals surface area contributed by atoms with Crippen LogP contribution in [0.1, 0.15) is 32.1 Å². The van der Waals surface area contributed by atoms with E-state index in [1.165, 1.54) is 31.7 Å². The third kappa shape index (κ3) is 3.95. The average Bonchev–Trinajstić information content (AvgIpc) is 2.83. The van der Waals surface area contributed by atoms with E-state index >= 15 is 0 Å². The smallest absolute Gasteiger partial charge is 0.165 e. The molecule has 1 aliphatic carbocycles. The Kier molecular flexibility index (Phi) is 5.01. The third-order valence-corrected chi connectivity index (χ3v) is 3.90. The van der Waals surface area contributed by atoms with Crippen molar-refractivity contribution >= 4 is 15.9 Å². The minimum Gasteiger partial charge on any atom is -0.488 e. The molecule has 1 aromatic carbocycles. The van der Waals surface area contributed by atoms with Gasteiger partial charge < -0.3 is 9.84 Å². The van der Waals surface area contributed by atoms with Crippen LogP contribution in [0.3, 0.4) is 0 Å². The highest BCUT2D eigenvalue weighted by molar-refractivity contribution is 9.10. The Labute approximate surface area is 115 Å². The largest absolute Gasteiger partial charge is 0.488 e. The van der Waals surface area contributed by atoms with E-state index in [-0.39, 0.29) is 12.4 Å². The van der Waals surface area contributed by atoms with Gasteiger partial charge in [0.25, 0.3) is 0 Å². The average molecular weight is 317 g/mol. The van der Waals surface area contributed by atoms with E-state index in [1.807, 2.05) is 0 Å². The second-order valence-electron chi connectivity index (χ2n) is 4.93. The van der Waals surface area contributed by atoms with Gasteiger partial charge in [0.15, 0.2) is 11.6 Å². The lowest BCUT2D eigenvalue weighted by Crippen LogP contribution is -2.20. The summed E-state index contributed by atoms with van der Waals surface area (Å²) in [5.41, 5.74) is 0. The summed E-state index contributed by atoms with van der Waals surface area (Å²) in [6.07, 6.45) is 5.17. The first kappa shape index (κ1) is 13.8. The molecule has 1 fully saturated rings. The van der Waals surface area contributed by atoms with Crippen molar-refractivity contribution in [3.05, 3.63) is 28.5 Å². The van der Waals surface area contributed by atoms with Crippen molar-refractivity contribution in [1.82, 2.24) is 0 Å². The summed E-state index contributed by atoms with van der Waals surface area (Å²) in [6.45, 7) is 0.157. The van der Waals surface area contributed by atoms with Gasteiger partial charge in [0.2, 0.25) is 0 Å². The Bertz CT molecular complexity index is 391. The fraction of sp³-hybridized carbons (Fsp3) is 0.571. The van der Waals surface area contributed by atoms with Gasteiger partial charge in [0, 0.05) is 4.47 Å². The molecule has 0 bridgehead atoms. The summed E-state index contributed by atoms with van der Waals surface area (Å²) in [6, 6.07) is 4.55. The molecule has 0 aliphatic heterocycles. The van der Waals surface area contributed by atoms with E-state index in [0.717, 1.165) is 10.9 Å². The van der Waals surface area contributed by atoms with E-state index in [1.54, 1.807) is 12.1 Å². The Morgan fingerprint density at radius 2 is 2.11 bits per heavy atom. The van der Waals surface area contributed by atoms with Crippen molar-refractivity contribution < 1.29 is 14.2 Å². The van der Waals surface area contributed by atoms with Crippen LogP contribution >= 0.6 is 15.9 Å². The number of aliphatic hydroxyl groups excluding tert-OH is 1. The summed E-state index contributed by atoms with van der Waals surface area (Å²) in [5, 5.41) is 9.87. The first-order valence-corrected chi connectivity index (χ1v) is 7.20. The molecule has 1 saturated carbocycles. The first-order valence-electron chi connectivity index (χ1n) is 6.41. The number of halogens is 2. The van der Waals surface area contributed by atoms with Crippen molar-refractivity contribution in [3.8, 4) is 5.75 Å². The highest BCUT2D eigenvalue weighted by Crippen LogP contribution is 2.29. The molecule has 0 heterocycles. The van der Waals surface area contributed by atoms with E-state index in [0.29, 0.717) is 5.92 Å². The molecule has 2 nitrogen and oxygen atoms in total. The molecule has 1 atom stereocenters. The zero-order valence-corrected chi connectivity index (χ0v) is 11.8. The monoisotopic (exact) mass is 316 g/mol. The van der Waals surface area contributed by atoms with Crippen LogP contribution < -0.4 is 4.74 Å². The topological polar surface area (TPSA) is 29.5 Å². The number of hydrogen-bond donors (Lipinski definition) is 1. The Hall–Kier alpha value is -0.610. The molecule has 18 heavy (non-hydrogen) atoms. The minimum absolute atomic E-state index is 0.157. The molecule has 1 aliphatic rings. The second-order valence-corrected chi connectivity index (χ2v) is 5.84. The van der Waals surface area contributed by atoms with E-state index in [2.05, 4.69) is 15.9 Å². The summed E-state index contributed by atoms with van der Waals surface area (Å²) in [5.74, 6) is 0.400. The quantitative estimate of drug-likeness (QED) is 0.892. The molecule has 0 amide bonds. The Morgan fingerprint density at radius 1 is 1.39 bits per heavy atom. The Morgan fingerprint density at radius 3 is 2.83 bits per heavy atom. The molecule has 2 rings (SSSR count). The van der Waals surface area contributed by atoms with Gasteiger partial charge in [0.05, 0.1) is 6.10 Å². The third-order valence-electron chi connectivity index (χ3n) is 3.40. The van der Waals surface area contributed by atoms with Crippen LogP contribution in [0.25, 0.3) is 0 Å². The molecule has 0 aromatic heterocycles. The second kappa shape index (κ2) is 6.53. The molecule has 0 radical (unpaired) electrons. The lowest BCUT2D eigenvalue weighted by molar-refractivity contribution is 0.0837. The van der Waals surface area contributed by atoms with Crippen LogP contribution in [0.4, 0.5) is 4.39 Å². The fourth-order valence-electron chi connectivity index (χ4n) is 2.47. The van der Waals surface area contributed by atoms with Crippen molar-refractivity contribution in [2.24, 2.45) is 5.92 Å². The van der Waals surface area contributed by atoms with Crippen molar-refractivity contribution in [1.29, 1.82) is 0 Å². The van der Waals surface area contributed by atoms with Gasteiger partial charge in [-0.05, 0) is 30.5 Å². The highest BCUT2D eigenvalue weighted by atomic mass is 79.9. The van der Waals surface area contributed by atoms with Crippen molar-refractivity contribution in [3.63, 3.8) is 0 Å². The first-order chi connectivity index (χ1) is 8.65. The summed E-state index contributed by atoms with van der Waals surface area (Å²) >= 11 is 3.27. The van der Waals surface area contributed by atoms with E-state index in [4.69, 9.17) is 4.74 Å². The van der Waals surface area contributed by atoms with Gasteiger partial charge in [-0.1, -0.05) is 41.6 Å². The predicted molar refractivity (Wildman–Crippen MR) is 72.2 cm³/mol. The number of benzene rings is 1. The molecular formula is C14H18BrFO2. The SMILES string of the molecule is OC(COc1cc(Br)ccc1F)CC1CCCC1. The number of aliphatic hydroxyl groups is 1. The van der Waals surface area contributed by atoms with Crippen LogP contribution in [0, 0.1) is 11.7 Å². The maximum atomic E-state index is 13.4. The number of ether oxygens (including phenoxy) is 1. The van der Waals surface area contributed by atoms with Crippen LogP contribution in [0.2, 0.25) is 0 Å². The van der Waals surface area contributed by atoms with E-state index < -0.39 is 11.9 Å². The van der Waals surface area contributed by atoms with Crippen molar-refractivity contribution in [2.75, 3.05) is 6.61 Å². The summed E-state index contributed by atoms with van der Waals surface area (Å²) in [7, 11) is 0. The summed E-state index contributed by atoms with van der Waals surface area (Å²) < 4.78 is 19.5. The molecule has 0 saturated heterocycles. The van der Waals surface area contributed by atoms with Gasteiger partial charge in [-0.25, -0.2) is 4.39 Å². The molecule has 1 unspecified atom stereocenters. The minimum atomic E-state index is -0.508. The predicted octanol–water partition coefficient (Wildman–Crippen LogP) is 3.91. The fourth-order valence-corrected chi connectivity index (χ4v) is 2.81. The standard InChI is InChI=1S/C14H18BrFO2/c15-11-5-6-13(16)14(8-11)18-9-12(17)7-10-3-1-2-4-10/h5-6,8,10,12,17H,1-4,7,9H2. The lowest BCUT2D eigenvalue weighted by atomic mass is 10.0.